The molecule has 0 fully saturated rings. The van der Waals surface area contributed by atoms with Crippen LogP contribution >= 0.6 is 11.3 Å². The summed E-state index contributed by atoms with van der Waals surface area (Å²) in [5, 5.41) is 6.86. The maximum atomic E-state index is 4.59. The van der Waals surface area contributed by atoms with Crippen LogP contribution in [0.25, 0.3) is 0 Å². The number of nitrogens with one attached hydrogen (secondary N) is 1. The maximum Gasteiger partial charge on any atom is 0.185 e. The predicted octanol–water partition coefficient (Wildman–Crippen LogP) is 3.27. The first-order chi connectivity index (χ1) is 8.00. The van der Waals surface area contributed by atoms with Crippen LogP contribution in [0.2, 0.25) is 0 Å². The van der Waals surface area contributed by atoms with Crippen LogP contribution in [-0.4, -0.2) is 24.6 Å². The molecule has 0 aliphatic carbocycles. The highest BCUT2D eigenvalue weighted by Crippen LogP contribution is 2.20. The molecule has 17 heavy (non-hydrogen) atoms. The molecule has 1 heterocycles. The Hall–Kier alpha value is -0.610. The molecule has 98 valence electrons. The highest BCUT2D eigenvalue weighted by atomic mass is 32.1. The number of nitrogens with zero attached hydrogens (tertiary/aromatic N) is 2. The first-order valence-electron chi connectivity index (χ1n) is 6.37. The van der Waals surface area contributed by atoms with Crippen LogP contribution in [0.4, 0.5) is 5.13 Å². The van der Waals surface area contributed by atoms with Crippen molar-refractivity contribution < 1.29 is 0 Å². The predicted molar refractivity (Wildman–Crippen MR) is 76.9 cm³/mol. The molecular weight excluding hydrogens is 230 g/mol. The molecular formula is C13H25N3S. The Bertz CT molecular complexity index is 335. The van der Waals surface area contributed by atoms with Crippen LogP contribution in [0.3, 0.4) is 0 Å². The van der Waals surface area contributed by atoms with Gasteiger partial charge in [-0.25, -0.2) is 4.98 Å². The molecule has 3 nitrogen and oxygen atoms in total. The zero-order chi connectivity index (χ0) is 12.9. The summed E-state index contributed by atoms with van der Waals surface area (Å²) in [6.07, 6.45) is 3.59. The van der Waals surface area contributed by atoms with E-state index >= 15 is 0 Å². The van der Waals surface area contributed by atoms with Crippen molar-refractivity contribution in [1.29, 1.82) is 0 Å². The molecule has 0 aliphatic rings. The van der Waals surface area contributed by atoms with Gasteiger partial charge in [-0.2, -0.15) is 0 Å². The molecule has 0 radical (unpaired) electrons. The van der Waals surface area contributed by atoms with Gasteiger partial charge in [-0.15, -0.1) is 11.3 Å². The molecule has 1 rings (SSSR count). The lowest BCUT2D eigenvalue weighted by Gasteiger charge is -2.29. The number of rotatable bonds is 7. The van der Waals surface area contributed by atoms with Crippen molar-refractivity contribution in [3.63, 3.8) is 0 Å². The lowest BCUT2D eigenvalue weighted by molar-refractivity contribution is 0.313. The standard InChI is InChI=1S/C13H25N3S/c1-6-8-13(3,7-2)14-9-11-10-17-12(15-11)16(4)5/h10,14H,6-9H2,1-5H3. The van der Waals surface area contributed by atoms with E-state index in [0.717, 1.165) is 23.8 Å². The van der Waals surface area contributed by atoms with E-state index in [9.17, 15) is 0 Å². The average molecular weight is 255 g/mol. The fourth-order valence-electron chi connectivity index (χ4n) is 1.83. The van der Waals surface area contributed by atoms with Gasteiger partial charge in [0.25, 0.3) is 0 Å². The van der Waals surface area contributed by atoms with E-state index in [1.54, 1.807) is 11.3 Å². The third-order valence-corrected chi connectivity index (χ3v) is 4.26. The number of aromatic nitrogens is 1. The van der Waals surface area contributed by atoms with E-state index in [-0.39, 0.29) is 5.54 Å². The molecule has 0 spiro atoms. The van der Waals surface area contributed by atoms with Gasteiger partial charge in [0.05, 0.1) is 5.69 Å². The fraction of sp³-hybridized carbons (Fsp3) is 0.769. The summed E-state index contributed by atoms with van der Waals surface area (Å²) in [6.45, 7) is 7.65. The molecule has 1 N–H and O–H groups in total. The fourth-order valence-corrected chi connectivity index (χ4v) is 2.59. The van der Waals surface area contributed by atoms with E-state index in [1.165, 1.54) is 12.8 Å². The summed E-state index contributed by atoms with van der Waals surface area (Å²) < 4.78 is 0. The topological polar surface area (TPSA) is 28.2 Å². The lowest BCUT2D eigenvalue weighted by atomic mass is 9.93. The van der Waals surface area contributed by atoms with Gasteiger partial charge in [0.15, 0.2) is 5.13 Å². The van der Waals surface area contributed by atoms with E-state index < -0.39 is 0 Å². The molecule has 1 atom stereocenters. The van der Waals surface area contributed by atoms with E-state index in [2.05, 4.69) is 41.4 Å². The normalized spacial score (nSPS) is 14.6. The number of hydrogen-bond donors (Lipinski definition) is 1. The van der Waals surface area contributed by atoms with Crippen LogP contribution in [-0.2, 0) is 6.54 Å². The molecule has 1 aromatic rings. The van der Waals surface area contributed by atoms with Gasteiger partial charge in [0, 0.05) is 31.6 Å². The van der Waals surface area contributed by atoms with Crippen molar-refractivity contribution >= 4 is 16.5 Å². The number of anilines is 1. The van der Waals surface area contributed by atoms with Crippen molar-refractivity contribution in [2.24, 2.45) is 0 Å². The highest BCUT2D eigenvalue weighted by molar-refractivity contribution is 7.13. The van der Waals surface area contributed by atoms with Crippen LogP contribution in [0.5, 0.6) is 0 Å². The van der Waals surface area contributed by atoms with E-state index in [1.807, 2.05) is 14.1 Å². The lowest BCUT2D eigenvalue weighted by Crippen LogP contribution is -2.41. The van der Waals surface area contributed by atoms with Crippen molar-refractivity contribution in [1.82, 2.24) is 10.3 Å². The molecule has 0 saturated heterocycles. The third kappa shape index (κ3) is 4.28. The van der Waals surface area contributed by atoms with Crippen LogP contribution in [0.15, 0.2) is 5.38 Å². The minimum absolute atomic E-state index is 0.247. The summed E-state index contributed by atoms with van der Waals surface area (Å²) in [5.41, 5.74) is 1.39. The maximum absolute atomic E-state index is 4.59. The smallest absolute Gasteiger partial charge is 0.185 e. The molecule has 4 heteroatoms. The van der Waals surface area contributed by atoms with Crippen molar-refractivity contribution in [3.05, 3.63) is 11.1 Å². The second-order valence-electron chi connectivity index (χ2n) is 5.03. The molecule has 1 unspecified atom stereocenters. The van der Waals surface area contributed by atoms with E-state index in [4.69, 9.17) is 0 Å². The molecule has 0 amide bonds. The van der Waals surface area contributed by atoms with Gasteiger partial charge in [0.2, 0.25) is 0 Å². The van der Waals surface area contributed by atoms with Gasteiger partial charge >= 0.3 is 0 Å². The highest BCUT2D eigenvalue weighted by Gasteiger charge is 2.20. The van der Waals surface area contributed by atoms with E-state index in [0.29, 0.717) is 0 Å². The summed E-state index contributed by atoms with van der Waals surface area (Å²) in [7, 11) is 4.06. The summed E-state index contributed by atoms with van der Waals surface area (Å²) in [4.78, 5) is 6.64. The first-order valence-corrected chi connectivity index (χ1v) is 7.25. The largest absolute Gasteiger partial charge is 0.354 e. The Kier molecular flexibility index (Phi) is 5.40. The van der Waals surface area contributed by atoms with Gasteiger partial charge in [-0.1, -0.05) is 20.3 Å². The van der Waals surface area contributed by atoms with Crippen molar-refractivity contribution in [3.8, 4) is 0 Å². The summed E-state index contributed by atoms with van der Waals surface area (Å²) in [5.74, 6) is 0. The zero-order valence-corrected chi connectivity index (χ0v) is 12.5. The average Bonchev–Trinajstić information content (AvgIpc) is 2.76. The Morgan fingerprint density at radius 3 is 2.59 bits per heavy atom. The quantitative estimate of drug-likeness (QED) is 0.810. The monoisotopic (exact) mass is 255 g/mol. The Morgan fingerprint density at radius 2 is 2.12 bits per heavy atom. The number of thiazole rings is 1. The molecule has 1 aromatic heterocycles. The molecule has 0 aliphatic heterocycles. The summed E-state index contributed by atoms with van der Waals surface area (Å²) in [6, 6.07) is 0. The zero-order valence-electron chi connectivity index (χ0n) is 11.7. The molecule has 0 bridgehead atoms. The van der Waals surface area contributed by atoms with Gasteiger partial charge in [-0.05, 0) is 19.8 Å². The van der Waals surface area contributed by atoms with Crippen molar-refractivity contribution in [2.75, 3.05) is 19.0 Å². The second kappa shape index (κ2) is 6.36. The Labute approximate surface area is 109 Å². The minimum atomic E-state index is 0.247. The Morgan fingerprint density at radius 1 is 1.41 bits per heavy atom. The van der Waals surface area contributed by atoms with Crippen LogP contribution in [0.1, 0.15) is 45.7 Å². The second-order valence-corrected chi connectivity index (χ2v) is 5.87. The summed E-state index contributed by atoms with van der Waals surface area (Å²) >= 11 is 1.70. The molecule has 0 aromatic carbocycles. The SMILES string of the molecule is CCCC(C)(CC)NCc1csc(N(C)C)n1. The van der Waals surface area contributed by atoms with Gasteiger partial charge in [0.1, 0.15) is 0 Å². The Balaban J connectivity index is 2.53. The van der Waals surface area contributed by atoms with Gasteiger partial charge in [-0.3, -0.25) is 0 Å². The number of hydrogen-bond acceptors (Lipinski definition) is 4. The molecule has 0 saturated carbocycles. The van der Waals surface area contributed by atoms with Crippen LogP contribution in [0, 0.1) is 0 Å². The minimum Gasteiger partial charge on any atom is -0.354 e. The third-order valence-electron chi connectivity index (χ3n) is 3.20. The van der Waals surface area contributed by atoms with Gasteiger partial charge < -0.3 is 10.2 Å². The first kappa shape index (κ1) is 14.5. The van der Waals surface area contributed by atoms with Crippen LogP contribution < -0.4 is 10.2 Å². The van der Waals surface area contributed by atoms with Crippen molar-refractivity contribution in [2.45, 2.75) is 52.1 Å².